The van der Waals surface area contributed by atoms with Gasteiger partial charge in [0.05, 0.1) is 23.7 Å². The molecule has 2 aromatic carbocycles. The quantitative estimate of drug-likeness (QED) is 0.444. The van der Waals surface area contributed by atoms with Gasteiger partial charge in [0.2, 0.25) is 5.91 Å². The van der Waals surface area contributed by atoms with Crippen molar-refractivity contribution in [3.63, 3.8) is 0 Å². The highest BCUT2D eigenvalue weighted by atomic mass is 16.5. The third kappa shape index (κ3) is 4.50. The summed E-state index contributed by atoms with van der Waals surface area (Å²) >= 11 is 0. The topological polar surface area (TPSA) is 91.0 Å². The molecule has 170 valence electrons. The lowest BCUT2D eigenvalue weighted by atomic mass is 10.2. The number of rotatable bonds is 8. The van der Waals surface area contributed by atoms with Crippen molar-refractivity contribution in [1.82, 2.24) is 19.3 Å². The maximum atomic E-state index is 13.2. The molecule has 0 atom stereocenters. The summed E-state index contributed by atoms with van der Waals surface area (Å²) in [5.41, 5.74) is 3.67. The summed E-state index contributed by atoms with van der Waals surface area (Å²) in [4.78, 5) is 30.5. The maximum Gasteiger partial charge on any atom is 0.273 e. The summed E-state index contributed by atoms with van der Waals surface area (Å²) in [5.74, 6) is 0.411. The molecule has 0 bridgehead atoms. The molecular formula is C25H27N5O3. The molecule has 0 aliphatic rings. The van der Waals surface area contributed by atoms with Crippen molar-refractivity contribution < 1.29 is 9.53 Å². The number of aryl methyl sites for hydroxylation is 3. The van der Waals surface area contributed by atoms with E-state index in [1.54, 1.807) is 15.3 Å². The SMILES string of the molecule is CCOc1ccccc1NC(=O)CCc1nc2c(C)nn(-c3ccccc3)c2n(CC)c1=O. The van der Waals surface area contributed by atoms with Crippen molar-refractivity contribution in [2.75, 3.05) is 11.9 Å². The minimum Gasteiger partial charge on any atom is -0.492 e. The lowest BCUT2D eigenvalue weighted by Crippen LogP contribution is -2.27. The van der Waals surface area contributed by atoms with Crippen molar-refractivity contribution in [2.45, 2.75) is 40.2 Å². The Morgan fingerprint density at radius 2 is 1.79 bits per heavy atom. The van der Waals surface area contributed by atoms with Gasteiger partial charge in [-0.25, -0.2) is 9.67 Å². The lowest BCUT2D eigenvalue weighted by Gasteiger charge is -2.12. The van der Waals surface area contributed by atoms with Crippen molar-refractivity contribution in [3.8, 4) is 11.4 Å². The Hall–Kier alpha value is -3.94. The number of ether oxygens (including phenoxy) is 1. The number of amides is 1. The molecule has 8 nitrogen and oxygen atoms in total. The van der Waals surface area contributed by atoms with Gasteiger partial charge in [-0.1, -0.05) is 30.3 Å². The fraction of sp³-hybridized carbons (Fsp3) is 0.280. The van der Waals surface area contributed by atoms with Gasteiger partial charge in [-0.3, -0.25) is 14.2 Å². The number of para-hydroxylation sites is 3. The molecule has 33 heavy (non-hydrogen) atoms. The number of aromatic nitrogens is 4. The van der Waals surface area contributed by atoms with Gasteiger partial charge in [0.15, 0.2) is 5.65 Å². The standard InChI is InChI=1S/C25H27N5O3/c1-4-29-24-23(17(3)28-30(24)18-11-7-6-8-12-18)27-20(25(29)32)15-16-22(31)26-19-13-9-10-14-21(19)33-5-2/h6-14H,4-5,15-16H2,1-3H3,(H,26,31). The highest BCUT2D eigenvalue weighted by molar-refractivity contribution is 5.92. The molecule has 0 aliphatic carbocycles. The van der Waals surface area contributed by atoms with Crippen LogP contribution in [0.1, 0.15) is 31.7 Å². The molecule has 0 saturated heterocycles. The van der Waals surface area contributed by atoms with Crippen molar-refractivity contribution >= 4 is 22.8 Å². The number of hydrogen-bond acceptors (Lipinski definition) is 5. The normalized spacial score (nSPS) is 11.0. The second-order valence-corrected chi connectivity index (χ2v) is 7.59. The van der Waals surface area contributed by atoms with Gasteiger partial charge in [0, 0.05) is 19.4 Å². The smallest absolute Gasteiger partial charge is 0.273 e. The fourth-order valence-corrected chi connectivity index (χ4v) is 3.82. The first-order valence-corrected chi connectivity index (χ1v) is 11.1. The van der Waals surface area contributed by atoms with E-state index in [9.17, 15) is 9.59 Å². The zero-order chi connectivity index (χ0) is 23.4. The van der Waals surface area contributed by atoms with E-state index in [0.29, 0.717) is 41.4 Å². The zero-order valence-electron chi connectivity index (χ0n) is 19.0. The maximum absolute atomic E-state index is 13.2. The van der Waals surface area contributed by atoms with Crippen LogP contribution in [0.15, 0.2) is 59.4 Å². The Balaban J connectivity index is 1.62. The summed E-state index contributed by atoms with van der Waals surface area (Å²) in [7, 11) is 0. The number of anilines is 1. The minimum absolute atomic E-state index is 0.129. The predicted octanol–water partition coefficient (Wildman–Crippen LogP) is 3.88. The van der Waals surface area contributed by atoms with Crippen molar-refractivity contribution in [1.29, 1.82) is 0 Å². The molecule has 1 N–H and O–H groups in total. The third-order valence-electron chi connectivity index (χ3n) is 5.37. The molecule has 0 aliphatic heterocycles. The van der Waals surface area contributed by atoms with Gasteiger partial charge in [-0.05, 0) is 45.0 Å². The Bertz CT molecular complexity index is 1340. The fourth-order valence-electron chi connectivity index (χ4n) is 3.82. The van der Waals surface area contributed by atoms with E-state index in [-0.39, 0.29) is 24.3 Å². The van der Waals surface area contributed by atoms with Crippen LogP contribution >= 0.6 is 0 Å². The van der Waals surface area contributed by atoms with E-state index in [4.69, 9.17) is 4.74 Å². The van der Waals surface area contributed by atoms with Crippen LogP contribution in [0.2, 0.25) is 0 Å². The van der Waals surface area contributed by atoms with Gasteiger partial charge in [0.25, 0.3) is 5.56 Å². The number of fused-ring (bicyclic) bond motifs is 1. The van der Waals surface area contributed by atoms with Gasteiger partial charge >= 0.3 is 0 Å². The van der Waals surface area contributed by atoms with Gasteiger partial charge in [0.1, 0.15) is 17.0 Å². The van der Waals surface area contributed by atoms with Gasteiger partial charge in [-0.15, -0.1) is 0 Å². The molecule has 2 heterocycles. The van der Waals surface area contributed by atoms with Crippen LogP contribution < -0.4 is 15.6 Å². The number of nitrogens with zero attached hydrogens (tertiary/aromatic N) is 4. The largest absolute Gasteiger partial charge is 0.492 e. The van der Waals surface area contributed by atoms with Crippen LogP contribution in [-0.2, 0) is 17.8 Å². The number of benzene rings is 2. The molecule has 1 amide bonds. The van der Waals surface area contributed by atoms with E-state index >= 15 is 0 Å². The van der Waals surface area contributed by atoms with E-state index < -0.39 is 0 Å². The molecule has 8 heteroatoms. The predicted molar refractivity (Wildman–Crippen MR) is 128 cm³/mol. The van der Waals surface area contributed by atoms with Gasteiger partial charge < -0.3 is 10.1 Å². The minimum atomic E-state index is -0.205. The first-order chi connectivity index (χ1) is 16.0. The first-order valence-electron chi connectivity index (χ1n) is 11.1. The van der Waals surface area contributed by atoms with E-state index in [1.165, 1.54) is 0 Å². The van der Waals surface area contributed by atoms with Crippen LogP contribution in [0.5, 0.6) is 5.75 Å². The summed E-state index contributed by atoms with van der Waals surface area (Å²) < 4.78 is 8.99. The lowest BCUT2D eigenvalue weighted by molar-refractivity contribution is -0.116. The van der Waals surface area contributed by atoms with Gasteiger partial charge in [-0.2, -0.15) is 5.10 Å². The molecular weight excluding hydrogens is 418 g/mol. The van der Waals surface area contributed by atoms with Crippen LogP contribution in [0.25, 0.3) is 16.9 Å². The van der Waals surface area contributed by atoms with Crippen LogP contribution in [0.3, 0.4) is 0 Å². The molecule has 0 unspecified atom stereocenters. The first kappa shape index (κ1) is 22.3. The summed E-state index contributed by atoms with van der Waals surface area (Å²) in [6.45, 7) is 6.65. The Kier molecular flexibility index (Phi) is 6.53. The number of carbonyl (C=O) groups excluding carboxylic acids is 1. The van der Waals surface area contributed by atoms with Crippen LogP contribution in [-0.4, -0.2) is 31.8 Å². The second kappa shape index (κ2) is 9.68. The third-order valence-corrected chi connectivity index (χ3v) is 5.37. The molecule has 0 radical (unpaired) electrons. The highest BCUT2D eigenvalue weighted by Gasteiger charge is 2.19. The molecule has 4 rings (SSSR count). The summed E-state index contributed by atoms with van der Waals surface area (Å²) in [5, 5.41) is 7.50. The summed E-state index contributed by atoms with van der Waals surface area (Å²) in [6, 6.07) is 17.0. The second-order valence-electron chi connectivity index (χ2n) is 7.59. The Morgan fingerprint density at radius 1 is 1.06 bits per heavy atom. The molecule has 0 fully saturated rings. The summed E-state index contributed by atoms with van der Waals surface area (Å²) in [6.07, 6.45) is 0.358. The van der Waals surface area contributed by atoms with Crippen molar-refractivity contribution in [2.24, 2.45) is 0 Å². The van der Waals surface area contributed by atoms with Crippen LogP contribution in [0, 0.1) is 6.92 Å². The average molecular weight is 446 g/mol. The van der Waals surface area contributed by atoms with E-state index in [1.807, 2.05) is 69.3 Å². The number of hydrogen-bond donors (Lipinski definition) is 1. The molecule has 2 aromatic heterocycles. The van der Waals surface area contributed by atoms with E-state index in [2.05, 4.69) is 15.4 Å². The molecule has 0 spiro atoms. The van der Waals surface area contributed by atoms with Crippen molar-refractivity contribution in [3.05, 3.63) is 76.3 Å². The molecule has 0 saturated carbocycles. The number of nitrogens with one attached hydrogen (secondary N) is 1. The molecule has 4 aromatic rings. The van der Waals surface area contributed by atoms with E-state index in [0.717, 1.165) is 11.4 Å². The van der Waals surface area contributed by atoms with Crippen LogP contribution in [0.4, 0.5) is 5.69 Å². The Labute approximate surface area is 191 Å². The number of carbonyl (C=O) groups is 1. The monoisotopic (exact) mass is 445 g/mol. The Morgan fingerprint density at radius 3 is 2.52 bits per heavy atom. The average Bonchev–Trinajstić information content (AvgIpc) is 3.15. The highest BCUT2D eigenvalue weighted by Crippen LogP contribution is 2.24. The zero-order valence-corrected chi connectivity index (χ0v) is 19.0.